The molecule has 6 atom stereocenters. The Bertz CT molecular complexity index is 882. The van der Waals surface area contributed by atoms with Crippen molar-refractivity contribution < 1.29 is 14.3 Å². The van der Waals surface area contributed by atoms with Crippen molar-refractivity contribution in [2.45, 2.75) is 52.1 Å². The summed E-state index contributed by atoms with van der Waals surface area (Å²) in [5.41, 5.74) is 0.797. The molecule has 3 heteroatoms. The number of ether oxygens (including phenoxy) is 1. The summed E-state index contributed by atoms with van der Waals surface area (Å²) >= 11 is 0. The van der Waals surface area contributed by atoms with Crippen LogP contribution in [0.3, 0.4) is 0 Å². The zero-order chi connectivity index (χ0) is 19.5. The molecule has 0 radical (unpaired) electrons. The highest BCUT2D eigenvalue weighted by atomic mass is 16.5. The Balaban J connectivity index is 1.55. The largest absolute Gasteiger partial charge is 0.486 e. The van der Waals surface area contributed by atoms with Crippen molar-refractivity contribution in [2.24, 2.45) is 28.6 Å². The molecule has 0 N–H and O–H groups in total. The van der Waals surface area contributed by atoms with Crippen molar-refractivity contribution in [2.75, 3.05) is 0 Å². The molecule has 3 fully saturated rings. The van der Waals surface area contributed by atoms with Gasteiger partial charge in [0, 0.05) is 17.3 Å². The molecule has 0 spiro atoms. The lowest BCUT2D eigenvalue weighted by atomic mass is 9.48. The maximum Gasteiger partial charge on any atom is 0.178 e. The van der Waals surface area contributed by atoms with Crippen molar-refractivity contribution in [1.29, 1.82) is 0 Å². The monoisotopic (exact) mass is 376 g/mol. The summed E-state index contributed by atoms with van der Waals surface area (Å²) in [4.78, 5) is 24.9. The lowest BCUT2D eigenvalue weighted by molar-refractivity contribution is -0.132. The third-order valence-corrected chi connectivity index (χ3v) is 8.28. The minimum Gasteiger partial charge on any atom is -0.486 e. The summed E-state index contributed by atoms with van der Waals surface area (Å²) in [5, 5.41) is 0. The van der Waals surface area contributed by atoms with Gasteiger partial charge in [0.25, 0.3) is 0 Å². The number of Topliss-reactive ketones (excluding diaryl/α,β-unsaturated/α-hetero) is 1. The van der Waals surface area contributed by atoms with E-state index in [0.717, 1.165) is 43.4 Å². The van der Waals surface area contributed by atoms with E-state index in [1.807, 2.05) is 36.4 Å². The molecule has 4 aliphatic rings. The number of benzene rings is 1. The Morgan fingerprint density at radius 1 is 1.04 bits per heavy atom. The van der Waals surface area contributed by atoms with Gasteiger partial charge in [-0.15, -0.1) is 0 Å². The minimum absolute atomic E-state index is 0.0595. The van der Waals surface area contributed by atoms with Crippen LogP contribution in [-0.4, -0.2) is 17.7 Å². The van der Waals surface area contributed by atoms with Gasteiger partial charge in [-0.1, -0.05) is 38.1 Å². The zero-order valence-corrected chi connectivity index (χ0v) is 16.7. The summed E-state index contributed by atoms with van der Waals surface area (Å²) in [6, 6.07) is 9.90. The molecular weight excluding hydrogens is 348 g/mol. The van der Waals surface area contributed by atoms with Crippen molar-refractivity contribution in [3.63, 3.8) is 0 Å². The average molecular weight is 376 g/mol. The minimum atomic E-state index is -0.163. The molecule has 1 aromatic carbocycles. The molecule has 0 heterocycles. The number of carbonyl (C=O) groups excluding carboxylic acids is 2. The fraction of sp³-hybridized carbons (Fsp3) is 0.520. The standard InChI is InChI=1S/C25H28O3/c1-24-12-10-16(26)14-21(24)22(28-17-6-4-3-5-7-17)15-18-19-8-9-23(27)25(19,2)13-11-20(18)24/h3-7,10,12,14,18-20,22H,8-9,11,13,15H2,1-2H3/t18-,19-,20-,22-,24+,25-/m0/s1. The number of rotatable bonds is 2. The van der Waals surface area contributed by atoms with E-state index >= 15 is 0 Å². The van der Waals surface area contributed by atoms with Crippen LogP contribution in [-0.2, 0) is 9.59 Å². The van der Waals surface area contributed by atoms with E-state index in [4.69, 9.17) is 4.74 Å². The van der Waals surface area contributed by atoms with Crippen LogP contribution >= 0.6 is 0 Å². The Kier molecular flexibility index (Phi) is 3.94. The van der Waals surface area contributed by atoms with E-state index < -0.39 is 0 Å². The predicted octanol–water partition coefficient (Wildman–Crippen LogP) is 4.92. The second-order valence-corrected chi connectivity index (χ2v) is 9.57. The summed E-state index contributed by atoms with van der Waals surface area (Å²) < 4.78 is 6.46. The average Bonchev–Trinajstić information content (AvgIpc) is 2.99. The van der Waals surface area contributed by atoms with Crippen LogP contribution in [0.2, 0.25) is 0 Å². The highest BCUT2D eigenvalue weighted by Gasteiger charge is 2.60. The van der Waals surface area contributed by atoms with Gasteiger partial charge in [-0.3, -0.25) is 9.59 Å². The molecule has 0 unspecified atom stereocenters. The van der Waals surface area contributed by atoms with Gasteiger partial charge in [-0.2, -0.15) is 0 Å². The maximum atomic E-state index is 12.7. The van der Waals surface area contributed by atoms with Crippen LogP contribution in [0.5, 0.6) is 5.75 Å². The highest BCUT2D eigenvalue weighted by Crippen LogP contribution is 2.63. The fourth-order valence-electron chi connectivity index (χ4n) is 6.77. The highest BCUT2D eigenvalue weighted by molar-refractivity contribution is 6.01. The van der Waals surface area contributed by atoms with Crippen molar-refractivity contribution >= 4 is 11.6 Å². The normalized spacial score (nSPS) is 41.7. The number of hydrogen-bond acceptors (Lipinski definition) is 3. The van der Waals surface area contributed by atoms with Gasteiger partial charge in [0.1, 0.15) is 17.6 Å². The molecule has 1 aromatic rings. The van der Waals surface area contributed by atoms with Gasteiger partial charge < -0.3 is 4.74 Å². The molecule has 146 valence electrons. The molecule has 0 aliphatic heterocycles. The molecule has 0 amide bonds. The summed E-state index contributed by atoms with van der Waals surface area (Å²) in [6.07, 6.45) is 10.2. The van der Waals surface area contributed by atoms with E-state index in [9.17, 15) is 9.59 Å². The third-order valence-electron chi connectivity index (χ3n) is 8.28. The Labute approximate surface area is 166 Å². The van der Waals surface area contributed by atoms with E-state index in [0.29, 0.717) is 23.5 Å². The second-order valence-electron chi connectivity index (χ2n) is 9.57. The van der Waals surface area contributed by atoms with E-state index in [1.165, 1.54) is 0 Å². The summed E-state index contributed by atoms with van der Waals surface area (Å²) in [5.74, 6) is 2.73. The maximum absolute atomic E-state index is 12.7. The molecular formula is C25H28O3. The molecule has 3 nitrogen and oxygen atoms in total. The van der Waals surface area contributed by atoms with Crippen LogP contribution in [0.25, 0.3) is 0 Å². The number of allylic oxidation sites excluding steroid dienone is 3. The number of fused-ring (bicyclic) bond motifs is 5. The topological polar surface area (TPSA) is 43.4 Å². The van der Waals surface area contributed by atoms with Crippen molar-refractivity contribution in [3.05, 3.63) is 54.1 Å². The van der Waals surface area contributed by atoms with E-state index in [-0.39, 0.29) is 22.7 Å². The van der Waals surface area contributed by atoms with E-state index in [2.05, 4.69) is 19.9 Å². The fourth-order valence-corrected chi connectivity index (χ4v) is 6.77. The van der Waals surface area contributed by atoms with Crippen LogP contribution in [0, 0.1) is 28.6 Å². The Hall–Kier alpha value is -2.16. The molecule has 4 aliphatic carbocycles. The number of ketones is 2. The van der Waals surface area contributed by atoms with Crippen LogP contribution in [0.1, 0.15) is 46.0 Å². The van der Waals surface area contributed by atoms with Crippen molar-refractivity contribution in [3.8, 4) is 5.75 Å². The quantitative estimate of drug-likeness (QED) is 0.736. The molecule has 3 saturated carbocycles. The number of para-hydroxylation sites is 1. The lowest BCUT2D eigenvalue weighted by Gasteiger charge is -2.57. The Morgan fingerprint density at radius 3 is 2.61 bits per heavy atom. The summed E-state index contributed by atoms with van der Waals surface area (Å²) in [7, 11) is 0. The first-order valence-electron chi connectivity index (χ1n) is 10.6. The van der Waals surface area contributed by atoms with Crippen LogP contribution < -0.4 is 4.74 Å². The van der Waals surface area contributed by atoms with Gasteiger partial charge in [0.2, 0.25) is 0 Å². The van der Waals surface area contributed by atoms with Gasteiger partial charge in [0.15, 0.2) is 5.78 Å². The molecule has 0 bridgehead atoms. The third kappa shape index (κ3) is 2.48. The van der Waals surface area contributed by atoms with Gasteiger partial charge in [-0.25, -0.2) is 0 Å². The molecule has 0 saturated heterocycles. The molecule has 28 heavy (non-hydrogen) atoms. The smallest absolute Gasteiger partial charge is 0.178 e. The molecule has 5 rings (SSSR count). The zero-order valence-electron chi connectivity index (χ0n) is 16.7. The van der Waals surface area contributed by atoms with Gasteiger partial charge >= 0.3 is 0 Å². The predicted molar refractivity (Wildman–Crippen MR) is 108 cm³/mol. The van der Waals surface area contributed by atoms with E-state index in [1.54, 1.807) is 6.08 Å². The van der Waals surface area contributed by atoms with Crippen LogP contribution in [0.4, 0.5) is 0 Å². The Morgan fingerprint density at radius 2 is 1.82 bits per heavy atom. The first-order valence-corrected chi connectivity index (χ1v) is 10.6. The first kappa shape index (κ1) is 17.9. The number of carbonyl (C=O) groups is 2. The summed E-state index contributed by atoms with van der Waals surface area (Å²) in [6.45, 7) is 4.48. The SMILES string of the molecule is C[C@]12C=CC(=O)C=C1[C@@H](Oc1ccccc1)C[C@@H]1[C@@H]2CC[C@]2(C)C(=O)CC[C@@H]12. The first-order chi connectivity index (χ1) is 13.4. The van der Waals surface area contributed by atoms with Crippen molar-refractivity contribution in [1.82, 2.24) is 0 Å². The van der Waals surface area contributed by atoms with Gasteiger partial charge in [-0.05, 0) is 73.3 Å². The molecule has 0 aromatic heterocycles. The second kappa shape index (κ2) is 6.17. The number of hydrogen-bond donors (Lipinski definition) is 0. The van der Waals surface area contributed by atoms with Gasteiger partial charge in [0.05, 0.1) is 0 Å². The van der Waals surface area contributed by atoms with Crippen LogP contribution in [0.15, 0.2) is 54.1 Å². The lowest BCUT2D eigenvalue weighted by Crippen LogP contribution is -2.54.